The summed E-state index contributed by atoms with van der Waals surface area (Å²) in [7, 11) is 1.55. The van der Waals surface area contributed by atoms with Crippen molar-refractivity contribution < 1.29 is 9.53 Å². The lowest BCUT2D eigenvalue weighted by atomic mass is 10.2. The molecule has 0 aliphatic carbocycles. The fourth-order valence-electron chi connectivity index (χ4n) is 1.65. The Bertz CT molecular complexity index is 614. The number of nitrogens with one attached hydrogen (secondary N) is 1. The van der Waals surface area contributed by atoms with Crippen LogP contribution in [0.5, 0.6) is 5.75 Å². The Labute approximate surface area is 119 Å². The van der Waals surface area contributed by atoms with Gasteiger partial charge in [0.1, 0.15) is 5.75 Å². The van der Waals surface area contributed by atoms with Crippen LogP contribution < -0.4 is 15.8 Å². The van der Waals surface area contributed by atoms with E-state index in [2.05, 4.69) is 21.2 Å². The van der Waals surface area contributed by atoms with Crippen LogP contribution >= 0.6 is 15.9 Å². The molecular formula is C14H13BrN2O2. The van der Waals surface area contributed by atoms with Gasteiger partial charge < -0.3 is 15.8 Å². The average molecular weight is 321 g/mol. The second kappa shape index (κ2) is 5.75. The maximum atomic E-state index is 12.0. The Morgan fingerprint density at radius 3 is 2.68 bits per heavy atom. The molecule has 5 heteroatoms. The predicted molar refractivity (Wildman–Crippen MR) is 79.5 cm³/mol. The van der Waals surface area contributed by atoms with Crippen molar-refractivity contribution in [3.63, 3.8) is 0 Å². The van der Waals surface area contributed by atoms with Gasteiger partial charge in [-0.25, -0.2) is 0 Å². The van der Waals surface area contributed by atoms with E-state index in [0.29, 0.717) is 22.7 Å². The molecule has 98 valence electrons. The van der Waals surface area contributed by atoms with Crippen LogP contribution in [0.2, 0.25) is 0 Å². The van der Waals surface area contributed by atoms with Crippen molar-refractivity contribution in [2.45, 2.75) is 0 Å². The monoisotopic (exact) mass is 320 g/mol. The average Bonchev–Trinajstić information content (AvgIpc) is 2.39. The summed E-state index contributed by atoms with van der Waals surface area (Å²) in [6.07, 6.45) is 0. The Balaban J connectivity index is 2.17. The topological polar surface area (TPSA) is 64.3 Å². The normalized spacial score (nSPS) is 10.0. The zero-order valence-electron chi connectivity index (χ0n) is 10.3. The quantitative estimate of drug-likeness (QED) is 0.853. The van der Waals surface area contributed by atoms with E-state index in [4.69, 9.17) is 10.5 Å². The van der Waals surface area contributed by atoms with Crippen LogP contribution in [0.4, 0.5) is 11.4 Å². The van der Waals surface area contributed by atoms with Gasteiger partial charge in [-0.15, -0.1) is 0 Å². The van der Waals surface area contributed by atoms with Crippen LogP contribution in [0.15, 0.2) is 46.9 Å². The number of ether oxygens (including phenoxy) is 1. The van der Waals surface area contributed by atoms with Crippen molar-refractivity contribution in [2.24, 2.45) is 0 Å². The molecule has 0 aliphatic heterocycles. The number of halogens is 1. The molecule has 0 aromatic heterocycles. The first-order chi connectivity index (χ1) is 9.10. The maximum absolute atomic E-state index is 12.0. The van der Waals surface area contributed by atoms with Crippen molar-refractivity contribution in [3.05, 3.63) is 52.5 Å². The molecule has 0 saturated heterocycles. The number of nitrogen functional groups attached to an aromatic ring is 1. The standard InChI is InChI=1S/C14H13BrN2O2/c1-19-13-6-5-11(8-12(13)16)17-14(18)9-3-2-4-10(15)7-9/h2-8H,16H2,1H3,(H,17,18). The van der Waals surface area contributed by atoms with Crippen LogP contribution in [-0.4, -0.2) is 13.0 Å². The number of amides is 1. The highest BCUT2D eigenvalue weighted by Crippen LogP contribution is 2.25. The molecule has 0 heterocycles. The molecule has 0 bridgehead atoms. The van der Waals surface area contributed by atoms with E-state index in [-0.39, 0.29) is 5.91 Å². The van der Waals surface area contributed by atoms with E-state index in [1.807, 2.05) is 6.07 Å². The molecule has 0 saturated carbocycles. The molecule has 2 rings (SSSR count). The fourth-order valence-corrected chi connectivity index (χ4v) is 2.04. The Morgan fingerprint density at radius 1 is 1.26 bits per heavy atom. The molecule has 0 aliphatic rings. The van der Waals surface area contributed by atoms with E-state index in [9.17, 15) is 4.79 Å². The molecule has 2 aromatic rings. The van der Waals surface area contributed by atoms with Crippen molar-refractivity contribution in [2.75, 3.05) is 18.2 Å². The SMILES string of the molecule is COc1ccc(NC(=O)c2cccc(Br)c2)cc1N. The van der Waals surface area contributed by atoms with Crippen molar-refractivity contribution >= 4 is 33.2 Å². The minimum absolute atomic E-state index is 0.189. The molecule has 0 atom stereocenters. The first kappa shape index (κ1) is 13.4. The molecule has 2 aromatic carbocycles. The molecule has 0 spiro atoms. The van der Waals surface area contributed by atoms with Gasteiger partial charge in [0.2, 0.25) is 0 Å². The summed E-state index contributed by atoms with van der Waals surface area (Å²) in [4.78, 5) is 12.0. The Morgan fingerprint density at radius 2 is 2.05 bits per heavy atom. The number of benzene rings is 2. The van der Waals surface area contributed by atoms with Gasteiger partial charge in [-0.3, -0.25) is 4.79 Å². The Hall–Kier alpha value is -2.01. The van der Waals surface area contributed by atoms with Crippen LogP contribution in [0.3, 0.4) is 0 Å². The number of hydrogen-bond donors (Lipinski definition) is 2. The lowest BCUT2D eigenvalue weighted by Crippen LogP contribution is -2.12. The second-order valence-corrected chi connectivity index (χ2v) is 4.84. The number of carbonyl (C=O) groups is 1. The highest BCUT2D eigenvalue weighted by Gasteiger charge is 2.07. The minimum Gasteiger partial charge on any atom is -0.495 e. The molecule has 0 radical (unpaired) electrons. The lowest BCUT2D eigenvalue weighted by molar-refractivity contribution is 0.102. The third-order valence-electron chi connectivity index (χ3n) is 2.57. The fraction of sp³-hybridized carbons (Fsp3) is 0.0714. The van der Waals surface area contributed by atoms with Gasteiger partial charge in [-0.2, -0.15) is 0 Å². The number of nitrogens with two attached hydrogens (primary N) is 1. The van der Waals surface area contributed by atoms with Crippen LogP contribution in [0, 0.1) is 0 Å². The molecule has 3 N–H and O–H groups in total. The lowest BCUT2D eigenvalue weighted by Gasteiger charge is -2.09. The number of carbonyl (C=O) groups excluding carboxylic acids is 1. The number of anilines is 2. The van der Waals surface area contributed by atoms with E-state index < -0.39 is 0 Å². The first-order valence-corrected chi connectivity index (χ1v) is 6.40. The summed E-state index contributed by atoms with van der Waals surface area (Å²) in [6.45, 7) is 0. The van der Waals surface area contributed by atoms with Gasteiger partial charge in [-0.1, -0.05) is 22.0 Å². The molecule has 0 unspecified atom stereocenters. The molecule has 19 heavy (non-hydrogen) atoms. The number of rotatable bonds is 3. The van der Waals surface area contributed by atoms with Gasteiger partial charge in [0.25, 0.3) is 5.91 Å². The maximum Gasteiger partial charge on any atom is 0.255 e. The summed E-state index contributed by atoms with van der Waals surface area (Å²) >= 11 is 3.33. The van der Waals surface area contributed by atoms with Crippen molar-refractivity contribution in [3.8, 4) is 5.75 Å². The van der Waals surface area contributed by atoms with E-state index in [1.54, 1.807) is 43.5 Å². The van der Waals surface area contributed by atoms with Crippen molar-refractivity contribution in [1.29, 1.82) is 0 Å². The molecule has 1 amide bonds. The zero-order valence-corrected chi connectivity index (χ0v) is 11.9. The van der Waals surface area contributed by atoms with E-state index in [0.717, 1.165) is 4.47 Å². The number of hydrogen-bond acceptors (Lipinski definition) is 3. The largest absolute Gasteiger partial charge is 0.495 e. The molecule has 4 nitrogen and oxygen atoms in total. The Kier molecular flexibility index (Phi) is 4.06. The van der Waals surface area contributed by atoms with Gasteiger partial charge in [0.05, 0.1) is 12.8 Å². The number of methoxy groups -OCH3 is 1. The van der Waals surface area contributed by atoms with Crippen LogP contribution in [0.25, 0.3) is 0 Å². The third-order valence-corrected chi connectivity index (χ3v) is 3.07. The van der Waals surface area contributed by atoms with Gasteiger partial charge in [0.15, 0.2) is 0 Å². The molecule has 0 fully saturated rings. The summed E-state index contributed by atoms with van der Waals surface area (Å²) in [5.41, 5.74) is 7.47. The van der Waals surface area contributed by atoms with Crippen LogP contribution in [-0.2, 0) is 0 Å². The minimum atomic E-state index is -0.189. The predicted octanol–water partition coefficient (Wildman–Crippen LogP) is 3.29. The highest BCUT2D eigenvalue weighted by atomic mass is 79.9. The van der Waals surface area contributed by atoms with E-state index in [1.165, 1.54) is 0 Å². The summed E-state index contributed by atoms with van der Waals surface area (Å²) in [5, 5.41) is 2.78. The summed E-state index contributed by atoms with van der Waals surface area (Å²) in [5.74, 6) is 0.395. The van der Waals surface area contributed by atoms with Crippen LogP contribution in [0.1, 0.15) is 10.4 Å². The molecular weight excluding hydrogens is 308 g/mol. The van der Waals surface area contributed by atoms with E-state index >= 15 is 0 Å². The van der Waals surface area contributed by atoms with Gasteiger partial charge >= 0.3 is 0 Å². The first-order valence-electron chi connectivity index (χ1n) is 5.60. The van der Waals surface area contributed by atoms with Gasteiger partial charge in [0, 0.05) is 15.7 Å². The highest BCUT2D eigenvalue weighted by molar-refractivity contribution is 9.10. The van der Waals surface area contributed by atoms with Crippen molar-refractivity contribution in [1.82, 2.24) is 0 Å². The zero-order chi connectivity index (χ0) is 13.8. The smallest absolute Gasteiger partial charge is 0.255 e. The van der Waals surface area contributed by atoms with Gasteiger partial charge in [-0.05, 0) is 36.4 Å². The second-order valence-electron chi connectivity index (χ2n) is 3.92. The summed E-state index contributed by atoms with van der Waals surface area (Å²) in [6, 6.07) is 12.3. The summed E-state index contributed by atoms with van der Waals surface area (Å²) < 4.78 is 5.92. The third kappa shape index (κ3) is 3.26.